The number of hydrogen-bond acceptors (Lipinski definition) is 2. The van der Waals surface area contributed by atoms with Gasteiger partial charge in [-0.2, -0.15) is 0 Å². The quantitative estimate of drug-likeness (QED) is 0.545. The van der Waals surface area contributed by atoms with Crippen molar-refractivity contribution in [2.24, 2.45) is 0 Å². The molecule has 4 rings (SSSR count). The normalized spacial score (nSPS) is 14.6. The maximum Gasteiger partial charge on any atom is 0.138 e. The predicted octanol–water partition coefficient (Wildman–Crippen LogP) is 5.18. The Labute approximate surface area is 184 Å². The third-order valence-corrected chi connectivity index (χ3v) is 7.64. The summed E-state index contributed by atoms with van der Waals surface area (Å²) in [6, 6.07) is 20.3. The molecule has 0 saturated carbocycles. The molecule has 0 amide bonds. The maximum atomic E-state index is 2.66. The predicted molar refractivity (Wildman–Crippen MR) is 132 cm³/mol. The van der Waals surface area contributed by atoms with E-state index in [4.69, 9.17) is 0 Å². The van der Waals surface area contributed by atoms with Gasteiger partial charge in [-0.05, 0) is 63.8 Å². The van der Waals surface area contributed by atoms with Crippen molar-refractivity contribution >= 4 is 26.1 Å². The molecule has 0 aliphatic carbocycles. The van der Waals surface area contributed by atoms with E-state index in [0.717, 1.165) is 13.1 Å². The molecule has 1 heterocycles. The molecular formula is C27H32N2Si. The number of benzene rings is 3. The van der Waals surface area contributed by atoms with E-state index in [1.165, 1.54) is 49.9 Å². The molecular weight excluding hydrogens is 380 g/mol. The van der Waals surface area contributed by atoms with Crippen LogP contribution in [-0.2, 0) is 0 Å². The standard InChI is InChI=1S/C27H32N2Si/c1-18-14-20(3)25(21(4)15-18)28-12-13-29(26-22(5)16-19(2)17-23(26)6)27(28)30-24-10-8-7-9-11-24/h7-11,14-17,27H,12-13H2,1-6H3. The van der Waals surface area contributed by atoms with E-state index in [-0.39, 0.29) is 0 Å². The molecule has 1 fully saturated rings. The van der Waals surface area contributed by atoms with Crippen molar-refractivity contribution in [2.75, 3.05) is 22.9 Å². The highest BCUT2D eigenvalue weighted by Crippen LogP contribution is 2.36. The molecule has 2 nitrogen and oxygen atoms in total. The number of hydrogen-bond donors (Lipinski definition) is 0. The summed E-state index contributed by atoms with van der Waals surface area (Å²) in [5.41, 5.74) is 11.1. The molecule has 1 saturated heterocycles. The molecule has 1 aliphatic rings. The fourth-order valence-electron chi connectivity index (χ4n) is 5.19. The summed E-state index contributed by atoms with van der Waals surface area (Å²) in [6.45, 7) is 15.6. The second-order valence-corrected chi connectivity index (χ2v) is 10.1. The SMILES string of the molecule is Cc1cc(C)c(N2CCN(c3c(C)cc(C)cc3C)C2[Si]c2ccccc2)c(C)c1. The van der Waals surface area contributed by atoms with Crippen LogP contribution in [0.2, 0.25) is 0 Å². The van der Waals surface area contributed by atoms with Crippen molar-refractivity contribution < 1.29 is 0 Å². The van der Waals surface area contributed by atoms with E-state index in [1.807, 2.05) is 0 Å². The smallest absolute Gasteiger partial charge is 0.138 e. The second-order valence-electron chi connectivity index (χ2n) is 8.77. The Morgan fingerprint density at radius 2 is 1.03 bits per heavy atom. The van der Waals surface area contributed by atoms with Gasteiger partial charge >= 0.3 is 0 Å². The summed E-state index contributed by atoms with van der Waals surface area (Å²) >= 11 is 0. The Kier molecular flexibility index (Phi) is 5.74. The van der Waals surface area contributed by atoms with Crippen LogP contribution in [0.1, 0.15) is 33.4 Å². The molecule has 3 aromatic carbocycles. The van der Waals surface area contributed by atoms with Crippen LogP contribution in [0.3, 0.4) is 0 Å². The van der Waals surface area contributed by atoms with Gasteiger partial charge in [0.2, 0.25) is 0 Å². The summed E-state index contributed by atoms with van der Waals surface area (Å²) in [5.74, 6) is 0.340. The van der Waals surface area contributed by atoms with Crippen molar-refractivity contribution in [1.29, 1.82) is 0 Å². The van der Waals surface area contributed by atoms with E-state index in [0.29, 0.717) is 15.3 Å². The van der Waals surface area contributed by atoms with Crippen LogP contribution < -0.4 is 15.0 Å². The molecule has 2 radical (unpaired) electrons. The molecule has 3 aromatic rings. The van der Waals surface area contributed by atoms with E-state index in [2.05, 4.69) is 106 Å². The molecule has 0 atom stereocenters. The van der Waals surface area contributed by atoms with Crippen LogP contribution in [0.15, 0.2) is 54.6 Å². The summed E-state index contributed by atoms with van der Waals surface area (Å²) in [7, 11) is 0.702. The van der Waals surface area contributed by atoms with Crippen molar-refractivity contribution in [2.45, 2.75) is 47.3 Å². The van der Waals surface area contributed by atoms with Gasteiger partial charge in [-0.25, -0.2) is 0 Å². The summed E-state index contributed by atoms with van der Waals surface area (Å²) in [5, 5.41) is 1.42. The Morgan fingerprint density at radius 3 is 1.43 bits per heavy atom. The highest BCUT2D eigenvalue weighted by atomic mass is 28.2. The number of rotatable bonds is 4. The third kappa shape index (κ3) is 3.91. The van der Waals surface area contributed by atoms with E-state index >= 15 is 0 Å². The first-order valence-corrected chi connectivity index (χ1v) is 11.9. The summed E-state index contributed by atoms with van der Waals surface area (Å²) < 4.78 is 0. The van der Waals surface area contributed by atoms with Gasteiger partial charge in [-0.15, -0.1) is 0 Å². The molecule has 0 spiro atoms. The van der Waals surface area contributed by atoms with Gasteiger partial charge in [-0.1, -0.05) is 70.9 Å². The maximum absolute atomic E-state index is 2.66. The average molecular weight is 413 g/mol. The molecule has 3 heteroatoms. The lowest BCUT2D eigenvalue weighted by molar-refractivity contribution is 0.854. The van der Waals surface area contributed by atoms with Gasteiger partial charge in [0.1, 0.15) is 9.52 Å². The zero-order valence-corrected chi connectivity index (χ0v) is 20.1. The van der Waals surface area contributed by atoms with Gasteiger partial charge in [0.15, 0.2) is 0 Å². The third-order valence-electron chi connectivity index (χ3n) is 6.09. The Hall–Kier alpha value is -2.52. The zero-order valence-electron chi connectivity index (χ0n) is 19.1. The van der Waals surface area contributed by atoms with Crippen LogP contribution in [0.5, 0.6) is 0 Å². The Morgan fingerprint density at radius 1 is 0.633 bits per heavy atom. The average Bonchev–Trinajstić information content (AvgIpc) is 3.04. The molecule has 30 heavy (non-hydrogen) atoms. The van der Waals surface area contributed by atoms with Crippen LogP contribution >= 0.6 is 0 Å². The largest absolute Gasteiger partial charge is 0.352 e. The van der Waals surface area contributed by atoms with Gasteiger partial charge in [0, 0.05) is 24.5 Å². The summed E-state index contributed by atoms with van der Waals surface area (Å²) in [6.07, 6.45) is 0. The van der Waals surface area contributed by atoms with Crippen LogP contribution in [0, 0.1) is 41.5 Å². The lowest BCUT2D eigenvalue weighted by atomic mass is 10.0. The number of anilines is 2. The first kappa shape index (κ1) is 20.7. The van der Waals surface area contributed by atoms with Crippen molar-refractivity contribution in [1.82, 2.24) is 0 Å². The number of aryl methyl sites for hydroxylation is 6. The van der Waals surface area contributed by atoms with Crippen molar-refractivity contribution in [3.05, 3.63) is 88.0 Å². The molecule has 0 aromatic heterocycles. The monoisotopic (exact) mass is 412 g/mol. The van der Waals surface area contributed by atoms with E-state index in [1.54, 1.807) is 0 Å². The highest BCUT2D eigenvalue weighted by Gasteiger charge is 2.35. The fourth-order valence-corrected chi connectivity index (χ4v) is 6.70. The summed E-state index contributed by atoms with van der Waals surface area (Å²) in [4.78, 5) is 5.32. The zero-order chi connectivity index (χ0) is 21.4. The lowest BCUT2D eigenvalue weighted by Gasteiger charge is -2.36. The van der Waals surface area contributed by atoms with Gasteiger partial charge in [0.05, 0.1) is 5.79 Å². The highest BCUT2D eigenvalue weighted by molar-refractivity contribution is 6.56. The second kappa shape index (κ2) is 8.31. The fraction of sp³-hybridized carbons (Fsp3) is 0.333. The minimum atomic E-state index is 0.340. The van der Waals surface area contributed by atoms with Crippen LogP contribution in [-0.4, -0.2) is 28.4 Å². The molecule has 0 unspecified atom stereocenters. The lowest BCUT2D eigenvalue weighted by Crippen LogP contribution is -2.48. The van der Waals surface area contributed by atoms with E-state index in [9.17, 15) is 0 Å². The van der Waals surface area contributed by atoms with Crippen LogP contribution in [0.25, 0.3) is 0 Å². The molecule has 0 bridgehead atoms. The Bertz CT molecular complexity index is 946. The first-order chi connectivity index (χ1) is 14.3. The van der Waals surface area contributed by atoms with Gasteiger partial charge < -0.3 is 9.80 Å². The molecule has 1 aliphatic heterocycles. The first-order valence-electron chi connectivity index (χ1n) is 10.9. The number of nitrogens with zero attached hydrogens (tertiary/aromatic N) is 2. The van der Waals surface area contributed by atoms with Gasteiger partial charge in [0.25, 0.3) is 0 Å². The minimum absolute atomic E-state index is 0.340. The van der Waals surface area contributed by atoms with Crippen LogP contribution in [0.4, 0.5) is 11.4 Å². The van der Waals surface area contributed by atoms with Crippen molar-refractivity contribution in [3.8, 4) is 0 Å². The van der Waals surface area contributed by atoms with Crippen molar-refractivity contribution in [3.63, 3.8) is 0 Å². The molecule has 0 N–H and O–H groups in total. The molecule has 154 valence electrons. The van der Waals surface area contributed by atoms with E-state index < -0.39 is 0 Å². The minimum Gasteiger partial charge on any atom is -0.352 e. The topological polar surface area (TPSA) is 6.48 Å². The Balaban J connectivity index is 1.81. The van der Waals surface area contributed by atoms with Gasteiger partial charge in [-0.3, -0.25) is 0 Å².